The van der Waals surface area contributed by atoms with Gasteiger partial charge in [-0.2, -0.15) is 0 Å². The molecule has 0 saturated carbocycles. The third-order valence-corrected chi connectivity index (χ3v) is 2.98. The Hall–Kier alpha value is -1.92. The number of nitrogens with one attached hydrogen (secondary N) is 2. The van der Waals surface area contributed by atoms with Crippen LogP contribution in [0.3, 0.4) is 0 Å². The number of methoxy groups -OCH3 is 1. The molecule has 0 heterocycles. The van der Waals surface area contributed by atoms with Crippen LogP contribution < -0.4 is 16.4 Å². The highest BCUT2D eigenvalue weighted by Crippen LogP contribution is 2.23. The van der Waals surface area contributed by atoms with E-state index in [1.54, 1.807) is 25.1 Å². The summed E-state index contributed by atoms with van der Waals surface area (Å²) in [4.78, 5) is 23.3. The van der Waals surface area contributed by atoms with Crippen LogP contribution in [0.2, 0.25) is 0 Å². The molecule has 20 heavy (non-hydrogen) atoms. The van der Waals surface area contributed by atoms with Gasteiger partial charge in [-0.15, -0.1) is 0 Å². The van der Waals surface area contributed by atoms with Crippen molar-refractivity contribution in [1.82, 2.24) is 0 Å². The Bertz CT molecular complexity index is 485. The summed E-state index contributed by atoms with van der Waals surface area (Å²) in [6, 6.07) is 5.31. The predicted molar refractivity (Wildman–Crippen MR) is 78.6 cm³/mol. The fourth-order valence-corrected chi connectivity index (χ4v) is 1.67. The standard InChI is InChI=1S/C14H21N3O3/c1-4-13(18)16-10-6-5-7-11(9(10)2)17-14(19)12(8-15)20-3/h5-7,12H,4,8,15H2,1-3H3,(H,16,18)(H,17,19). The van der Waals surface area contributed by atoms with Crippen LogP contribution in [0.25, 0.3) is 0 Å². The molecular weight excluding hydrogens is 258 g/mol. The molecule has 0 radical (unpaired) electrons. The average Bonchev–Trinajstić information content (AvgIpc) is 2.44. The van der Waals surface area contributed by atoms with Gasteiger partial charge in [-0.25, -0.2) is 0 Å². The lowest BCUT2D eigenvalue weighted by molar-refractivity contribution is -0.125. The van der Waals surface area contributed by atoms with Crippen molar-refractivity contribution in [3.8, 4) is 0 Å². The lowest BCUT2D eigenvalue weighted by Gasteiger charge is -2.16. The van der Waals surface area contributed by atoms with Gasteiger partial charge in [0.15, 0.2) is 0 Å². The maximum absolute atomic E-state index is 11.9. The Morgan fingerprint density at radius 1 is 1.30 bits per heavy atom. The molecule has 0 spiro atoms. The van der Waals surface area contributed by atoms with E-state index in [2.05, 4.69) is 10.6 Å². The van der Waals surface area contributed by atoms with Crippen molar-refractivity contribution in [2.45, 2.75) is 26.4 Å². The molecule has 0 aromatic heterocycles. The summed E-state index contributed by atoms with van der Waals surface area (Å²) < 4.78 is 4.98. The second-order valence-corrected chi connectivity index (χ2v) is 4.33. The van der Waals surface area contributed by atoms with E-state index in [0.29, 0.717) is 17.8 Å². The highest BCUT2D eigenvalue weighted by atomic mass is 16.5. The van der Waals surface area contributed by atoms with Gasteiger partial charge in [0.05, 0.1) is 0 Å². The number of hydrogen-bond acceptors (Lipinski definition) is 4. The van der Waals surface area contributed by atoms with Gasteiger partial charge in [-0.3, -0.25) is 9.59 Å². The van der Waals surface area contributed by atoms with Gasteiger partial charge in [0.25, 0.3) is 5.91 Å². The quantitative estimate of drug-likeness (QED) is 0.730. The van der Waals surface area contributed by atoms with Gasteiger partial charge in [0.1, 0.15) is 6.10 Å². The molecule has 0 aliphatic heterocycles. The third kappa shape index (κ3) is 4.04. The molecule has 6 nitrogen and oxygen atoms in total. The first-order chi connectivity index (χ1) is 9.53. The Morgan fingerprint density at radius 3 is 2.40 bits per heavy atom. The number of carbonyl (C=O) groups is 2. The SMILES string of the molecule is CCC(=O)Nc1cccc(NC(=O)C(CN)OC)c1C. The molecule has 1 rings (SSSR count). The molecule has 0 saturated heterocycles. The topological polar surface area (TPSA) is 93.5 Å². The number of carbonyl (C=O) groups excluding carboxylic acids is 2. The molecular formula is C14H21N3O3. The van der Waals surface area contributed by atoms with Crippen LogP contribution in [0.1, 0.15) is 18.9 Å². The minimum atomic E-state index is -0.691. The average molecular weight is 279 g/mol. The van der Waals surface area contributed by atoms with Crippen molar-refractivity contribution < 1.29 is 14.3 Å². The summed E-state index contributed by atoms with van der Waals surface area (Å²) in [6.45, 7) is 3.71. The Labute approximate surface area is 118 Å². The summed E-state index contributed by atoms with van der Waals surface area (Å²) in [5.41, 5.74) is 7.54. The fourth-order valence-electron chi connectivity index (χ4n) is 1.67. The number of rotatable bonds is 6. The summed E-state index contributed by atoms with van der Waals surface area (Å²) in [6.07, 6.45) is -0.294. The van der Waals surface area contributed by atoms with Crippen LogP contribution in [0.15, 0.2) is 18.2 Å². The molecule has 0 aliphatic carbocycles. The normalized spacial score (nSPS) is 11.8. The first kappa shape index (κ1) is 16.1. The number of anilines is 2. The van der Waals surface area contributed by atoms with E-state index >= 15 is 0 Å². The zero-order chi connectivity index (χ0) is 15.1. The molecule has 1 aromatic rings. The van der Waals surface area contributed by atoms with Crippen molar-refractivity contribution >= 4 is 23.2 Å². The Balaban J connectivity index is 2.89. The van der Waals surface area contributed by atoms with E-state index in [-0.39, 0.29) is 18.4 Å². The van der Waals surface area contributed by atoms with Gasteiger partial charge >= 0.3 is 0 Å². The number of nitrogens with two attached hydrogens (primary N) is 1. The van der Waals surface area contributed by atoms with E-state index in [9.17, 15) is 9.59 Å². The third-order valence-electron chi connectivity index (χ3n) is 2.98. The van der Waals surface area contributed by atoms with Crippen molar-refractivity contribution in [3.05, 3.63) is 23.8 Å². The monoisotopic (exact) mass is 279 g/mol. The second kappa shape index (κ2) is 7.62. The van der Waals surface area contributed by atoms with Crippen molar-refractivity contribution in [2.75, 3.05) is 24.3 Å². The van der Waals surface area contributed by atoms with Crippen molar-refractivity contribution in [1.29, 1.82) is 0 Å². The van der Waals surface area contributed by atoms with E-state index in [1.165, 1.54) is 7.11 Å². The zero-order valence-electron chi connectivity index (χ0n) is 12.0. The first-order valence-corrected chi connectivity index (χ1v) is 6.46. The van der Waals surface area contributed by atoms with Gasteiger partial charge in [0.2, 0.25) is 5.91 Å². The lowest BCUT2D eigenvalue weighted by atomic mass is 10.1. The van der Waals surface area contributed by atoms with Crippen molar-refractivity contribution in [2.24, 2.45) is 5.73 Å². The van der Waals surface area contributed by atoms with Crippen LogP contribution in [-0.2, 0) is 14.3 Å². The molecule has 2 amide bonds. The smallest absolute Gasteiger partial charge is 0.254 e. The molecule has 6 heteroatoms. The Kier molecular flexibility index (Phi) is 6.14. The van der Waals surface area contributed by atoms with Crippen LogP contribution in [0.4, 0.5) is 11.4 Å². The predicted octanol–water partition coefficient (Wildman–Crippen LogP) is 1.26. The molecule has 110 valence electrons. The highest BCUT2D eigenvalue weighted by molar-refractivity contribution is 5.97. The first-order valence-electron chi connectivity index (χ1n) is 6.46. The molecule has 0 aliphatic rings. The molecule has 0 fully saturated rings. The van der Waals surface area contributed by atoms with E-state index in [1.807, 2.05) is 6.92 Å². The summed E-state index contributed by atoms with van der Waals surface area (Å²) in [5, 5.41) is 5.53. The minimum Gasteiger partial charge on any atom is -0.370 e. The van der Waals surface area contributed by atoms with E-state index in [4.69, 9.17) is 10.5 Å². The fraction of sp³-hybridized carbons (Fsp3) is 0.429. The largest absolute Gasteiger partial charge is 0.370 e. The maximum Gasteiger partial charge on any atom is 0.254 e. The van der Waals surface area contributed by atoms with E-state index < -0.39 is 6.10 Å². The van der Waals surface area contributed by atoms with Gasteiger partial charge < -0.3 is 21.1 Å². The maximum atomic E-state index is 11.9. The molecule has 0 bridgehead atoms. The second-order valence-electron chi connectivity index (χ2n) is 4.33. The van der Waals surface area contributed by atoms with Crippen LogP contribution in [0, 0.1) is 6.92 Å². The van der Waals surface area contributed by atoms with Crippen LogP contribution >= 0.6 is 0 Å². The van der Waals surface area contributed by atoms with Gasteiger partial charge in [-0.1, -0.05) is 13.0 Å². The zero-order valence-corrected chi connectivity index (χ0v) is 12.0. The van der Waals surface area contributed by atoms with Crippen LogP contribution in [0.5, 0.6) is 0 Å². The molecule has 1 unspecified atom stereocenters. The van der Waals surface area contributed by atoms with Gasteiger partial charge in [-0.05, 0) is 24.6 Å². The number of amides is 2. The lowest BCUT2D eigenvalue weighted by Crippen LogP contribution is -2.36. The summed E-state index contributed by atoms with van der Waals surface area (Å²) in [7, 11) is 1.43. The van der Waals surface area contributed by atoms with Crippen molar-refractivity contribution in [3.63, 3.8) is 0 Å². The molecule has 4 N–H and O–H groups in total. The summed E-state index contributed by atoms with van der Waals surface area (Å²) >= 11 is 0. The number of ether oxygens (including phenoxy) is 1. The van der Waals surface area contributed by atoms with Crippen LogP contribution in [-0.4, -0.2) is 31.6 Å². The molecule has 1 aromatic carbocycles. The summed E-state index contributed by atoms with van der Waals surface area (Å²) in [5.74, 6) is -0.384. The highest BCUT2D eigenvalue weighted by Gasteiger charge is 2.17. The minimum absolute atomic E-state index is 0.0756. The molecule has 1 atom stereocenters. The Morgan fingerprint density at radius 2 is 1.90 bits per heavy atom. The van der Waals surface area contributed by atoms with E-state index in [0.717, 1.165) is 5.56 Å². The number of benzene rings is 1. The number of hydrogen-bond donors (Lipinski definition) is 3. The van der Waals surface area contributed by atoms with Gasteiger partial charge in [0, 0.05) is 31.5 Å².